The molecular weight excluding hydrogens is 246 g/mol. The van der Waals surface area contributed by atoms with Gasteiger partial charge >= 0.3 is 0 Å². The Kier molecular flexibility index (Phi) is 4.18. The molecule has 4 heteroatoms. The minimum absolute atomic E-state index is 0.176. The standard InChI is InChI=1S/C14H16ClN3/c1-17-14(10-3-2-4-12(15)7-10)8-11-9-18-6-5-13(11)16/h2-7,9,14,17H,8H2,1H3,(H2,16,18). The number of benzene rings is 1. The molecule has 1 heterocycles. The van der Waals surface area contributed by atoms with Gasteiger partial charge in [-0.15, -0.1) is 0 Å². The van der Waals surface area contributed by atoms with Gasteiger partial charge in [0.15, 0.2) is 0 Å². The van der Waals surface area contributed by atoms with Crippen LogP contribution in [-0.2, 0) is 6.42 Å². The Balaban J connectivity index is 2.23. The normalized spacial score (nSPS) is 12.3. The van der Waals surface area contributed by atoms with Crippen LogP contribution in [-0.4, -0.2) is 12.0 Å². The zero-order chi connectivity index (χ0) is 13.0. The summed E-state index contributed by atoms with van der Waals surface area (Å²) in [4.78, 5) is 4.11. The van der Waals surface area contributed by atoms with E-state index in [2.05, 4.69) is 16.4 Å². The molecule has 1 unspecified atom stereocenters. The molecule has 1 aromatic heterocycles. The largest absolute Gasteiger partial charge is 0.398 e. The molecule has 3 N–H and O–H groups in total. The van der Waals surface area contributed by atoms with Crippen molar-refractivity contribution in [1.29, 1.82) is 0 Å². The van der Waals surface area contributed by atoms with Crippen LogP contribution in [0.2, 0.25) is 5.02 Å². The third-order valence-electron chi connectivity index (χ3n) is 2.96. The Labute approximate surface area is 112 Å². The quantitative estimate of drug-likeness (QED) is 0.890. The van der Waals surface area contributed by atoms with Crippen molar-refractivity contribution in [2.75, 3.05) is 12.8 Å². The summed E-state index contributed by atoms with van der Waals surface area (Å²) in [6.07, 6.45) is 4.30. The summed E-state index contributed by atoms with van der Waals surface area (Å²) in [5.41, 5.74) is 8.89. The van der Waals surface area contributed by atoms with E-state index in [0.29, 0.717) is 0 Å². The molecule has 18 heavy (non-hydrogen) atoms. The van der Waals surface area contributed by atoms with E-state index in [1.807, 2.05) is 37.5 Å². The molecule has 3 nitrogen and oxygen atoms in total. The lowest BCUT2D eigenvalue weighted by Crippen LogP contribution is -2.19. The van der Waals surface area contributed by atoms with Gasteiger partial charge in [-0.25, -0.2) is 0 Å². The average Bonchev–Trinajstić information content (AvgIpc) is 2.38. The highest BCUT2D eigenvalue weighted by atomic mass is 35.5. The van der Waals surface area contributed by atoms with Gasteiger partial charge in [0.2, 0.25) is 0 Å². The number of anilines is 1. The average molecular weight is 262 g/mol. The van der Waals surface area contributed by atoms with Crippen molar-refractivity contribution >= 4 is 17.3 Å². The SMILES string of the molecule is CNC(Cc1cnccc1N)c1cccc(Cl)c1. The second-order valence-corrected chi connectivity index (χ2v) is 4.61. The minimum Gasteiger partial charge on any atom is -0.398 e. The molecule has 0 aliphatic rings. The van der Waals surface area contributed by atoms with Crippen molar-refractivity contribution in [3.05, 3.63) is 58.9 Å². The zero-order valence-corrected chi connectivity index (χ0v) is 11.0. The predicted molar refractivity (Wildman–Crippen MR) is 75.6 cm³/mol. The maximum absolute atomic E-state index is 6.02. The van der Waals surface area contributed by atoms with Crippen LogP contribution in [0.1, 0.15) is 17.2 Å². The van der Waals surface area contributed by atoms with Gasteiger partial charge < -0.3 is 11.1 Å². The van der Waals surface area contributed by atoms with Gasteiger partial charge in [0.1, 0.15) is 0 Å². The van der Waals surface area contributed by atoms with Crippen LogP contribution in [0, 0.1) is 0 Å². The molecule has 0 aliphatic heterocycles. The summed E-state index contributed by atoms with van der Waals surface area (Å²) in [7, 11) is 1.93. The Morgan fingerprint density at radius 2 is 2.22 bits per heavy atom. The molecule has 1 aromatic carbocycles. The van der Waals surface area contributed by atoms with Crippen LogP contribution in [0.25, 0.3) is 0 Å². The first-order valence-corrected chi connectivity index (χ1v) is 6.19. The van der Waals surface area contributed by atoms with Crippen LogP contribution in [0.15, 0.2) is 42.7 Å². The highest BCUT2D eigenvalue weighted by Gasteiger charge is 2.12. The summed E-state index contributed by atoms with van der Waals surface area (Å²) < 4.78 is 0. The van der Waals surface area contributed by atoms with E-state index in [4.69, 9.17) is 17.3 Å². The van der Waals surface area contributed by atoms with Gasteiger partial charge in [-0.3, -0.25) is 4.98 Å². The number of aromatic nitrogens is 1. The molecule has 0 saturated heterocycles. The van der Waals surface area contributed by atoms with Crippen molar-refractivity contribution in [3.63, 3.8) is 0 Å². The first-order valence-electron chi connectivity index (χ1n) is 5.82. The fraction of sp³-hybridized carbons (Fsp3) is 0.214. The second-order valence-electron chi connectivity index (χ2n) is 4.17. The molecule has 0 radical (unpaired) electrons. The molecule has 2 rings (SSSR count). The smallest absolute Gasteiger partial charge is 0.0409 e. The number of nitrogens with one attached hydrogen (secondary N) is 1. The van der Waals surface area contributed by atoms with Gasteiger partial charge in [-0.2, -0.15) is 0 Å². The van der Waals surface area contributed by atoms with Crippen molar-refractivity contribution in [1.82, 2.24) is 10.3 Å². The van der Waals surface area contributed by atoms with Crippen molar-refractivity contribution in [3.8, 4) is 0 Å². The number of hydrogen-bond acceptors (Lipinski definition) is 3. The van der Waals surface area contributed by atoms with E-state index >= 15 is 0 Å². The topological polar surface area (TPSA) is 50.9 Å². The first kappa shape index (κ1) is 12.9. The Hall–Kier alpha value is -1.58. The summed E-state index contributed by atoms with van der Waals surface area (Å²) >= 11 is 6.02. The van der Waals surface area contributed by atoms with Gasteiger partial charge in [0.25, 0.3) is 0 Å². The number of halogens is 1. The van der Waals surface area contributed by atoms with Gasteiger partial charge in [-0.1, -0.05) is 23.7 Å². The summed E-state index contributed by atoms with van der Waals surface area (Å²) in [5, 5.41) is 4.02. The van der Waals surface area contributed by atoms with E-state index in [0.717, 1.165) is 28.3 Å². The summed E-state index contributed by atoms with van der Waals surface area (Å²) in [6, 6.07) is 9.84. The lowest BCUT2D eigenvalue weighted by Gasteiger charge is -2.17. The van der Waals surface area contributed by atoms with E-state index in [-0.39, 0.29) is 6.04 Å². The number of hydrogen-bond donors (Lipinski definition) is 2. The molecule has 2 aromatic rings. The van der Waals surface area contributed by atoms with Crippen LogP contribution < -0.4 is 11.1 Å². The van der Waals surface area contributed by atoms with E-state index in [1.54, 1.807) is 6.20 Å². The van der Waals surface area contributed by atoms with Crippen LogP contribution in [0.5, 0.6) is 0 Å². The van der Waals surface area contributed by atoms with E-state index in [1.165, 1.54) is 0 Å². The number of rotatable bonds is 4. The first-order chi connectivity index (χ1) is 8.70. The second kappa shape index (κ2) is 5.85. The molecule has 0 amide bonds. The number of pyridine rings is 1. The summed E-state index contributed by atoms with van der Waals surface area (Å²) in [5.74, 6) is 0. The highest BCUT2D eigenvalue weighted by Crippen LogP contribution is 2.23. The lowest BCUT2D eigenvalue weighted by molar-refractivity contribution is 0.592. The third kappa shape index (κ3) is 3.00. The Morgan fingerprint density at radius 3 is 2.89 bits per heavy atom. The number of nitrogen functional groups attached to an aromatic ring is 1. The molecule has 0 saturated carbocycles. The van der Waals surface area contributed by atoms with Crippen LogP contribution in [0.3, 0.4) is 0 Å². The van der Waals surface area contributed by atoms with Crippen LogP contribution in [0.4, 0.5) is 5.69 Å². The predicted octanol–water partition coefficient (Wildman–Crippen LogP) is 2.82. The number of nitrogens with two attached hydrogens (primary N) is 1. The maximum Gasteiger partial charge on any atom is 0.0409 e. The molecular formula is C14H16ClN3. The molecule has 0 bridgehead atoms. The van der Waals surface area contributed by atoms with Gasteiger partial charge in [0, 0.05) is 29.1 Å². The molecule has 0 fully saturated rings. The Bertz CT molecular complexity index is 528. The zero-order valence-electron chi connectivity index (χ0n) is 10.2. The van der Waals surface area contributed by atoms with Crippen molar-refractivity contribution < 1.29 is 0 Å². The van der Waals surface area contributed by atoms with Crippen molar-refractivity contribution in [2.45, 2.75) is 12.5 Å². The van der Waals surface area contributed by atoms with E-state index < -0.39 is 0 Å². The fourth-order valence-corrected chi connectivity index (χ4v) is 2.14. The number of likely N-dealkylation sites (N-methyl/N-ethyl adjacent to an activating group) is 1. The van der Waals surface area contributed by atoms with Gasteiger partial charge in [-0.05, 0) is 42.8 Å². The summed E-state index contributed by atoms with van der Waals surface area (Å²) in [6.45, 7) is 0. The molecule has 0 spiro atoms. The molecule has 94 valence electrons. The van der Waals surface area contributed by atoms with Crippen molar-refractivity contribution in [2.24, 2.45) is 0 Å². The fourth-order valence-electron chi connectivity index (χ4n) is 1.94. The van der Waals surface area contributed by atoms with E-state index in [9.17, 15) is 0 Å². The highest BCUT2D eigenvalue weighted by molar-refractivity contribution is 6.30. The lowest BCUT2D eigenvalue weighted by atomic mass is 9.99. The monoisotopic (exact) mass is 261 g/mol. The molecule has 1 atom stereocenters. The van der Waals surface area contributed by atoms with Gasteiger partial charge in [0.05, 0.1) is 0 Å². The maximum atomic E-state index is 6.02. The number of nitrogens with zero attached hydrogens (tertiary/aromatic N) is 1. The molecule has 0 aliphatic carbocycles. The Morgan fingerprint density at radius 1 is 1.39 bits per heavy atom. The third-order valence-corrected chi connectivity index (χ3v) is 3.20. The van der Waals surface area contributed by atoms with Crippen LogP contribution >= 0.6 is 11.6 Å². The minimum atomic E-state index is 0.176.